The van der Waals surface area contributed by atoms with Crippen molar-refractivity contribution in [2.45, 2.75) is 32.9 Å². The summed E-state index contributed by atoms with van der Waals surface area (Å²) in [4.78, 5) is 2.36. The summed E-state index contributed by atoms with van der Waals surface area (Å²) >= 11 is 6.73. The molecule has 1 unspecified atom stereocenters. The van der Waals surface area contributed by atoms with Crippen molar-refractivity contribution in [2.24, 2.45) is 0 Å². The van der Waals surface area contributed by atoms with E-state index in [0.29, 0.717) is 6.04 Å². The van der Waals surface area contributed by atoms with Gasteiger partial charge in [-0.2, -0.15) is 0 Å². The largest absolute Gasteiger partial charge is 0.452 e. The molecular weight excluding hydrogens is 348 g/mol. The van der Waals surface area contributed by atoms with Gasteiger partial charge in [-0.15, -0.1) is 0 Å². The smallest absolute Gasteiger partial charge is 0.183 e. The Labute approximate surface area is 120 Å². The summed E-state index contributed by atoms with van der Waals surface area (Å²) in [6, 6.07) is 2.62. The summed E-state index contributed by atoms with van der Waals surface area (Å²) in [7, 11) is 2.16. The zero-order valence-corrected chi connectivity index (χ0v) is 13.8. The first-order valence-corrected chi connectivity index (χ1v) is 7.47. The molecule has 0 aromatic carbocycles. The molecule has 5 heteroatoms. The van der Waals surface area contributed by atoms with Crippen molar-refractivity contribution in [3.63, 3.8) is 0 Å². The van der Waals surface area contributed by atoms with Crippen molar-refractivity contribution in [1.29, 1.82) is 0 Å². The molecule has 1 heterocycles. The monoisotopic (exact) mass is 366 g/mol. The molecule has 0 fully saturated rings. The maximum Gasteiger partial charge on any atom is 0.183 e. The minimum absolute atomic E-state index is 0.642. The van der Waals surface area contributed by atoms with E-state index in [9.17, 15) is 0 Å². The molecule has 98 valence electrons. The molecule has 0 radical (unpaired) electrons. The lowest BCUT2D eigenvalue weighted by Crippen LogP contribution is -2.34. The van der Waals surface area contributed by atoms with Gasteiger partial charge >= 0.3 is 0 Å². The molecule has 1 aromatic heterocycles. The van der Waals surface area contributed by atoms with Crippen LogP contribution < -0.4 is 5.32 Å². The summed E-state index contributed by atoms with van der Waals surface area (Å²) in [5, 5.41) is 3.38. The summed E-state index contributed by atoms with van der Waals surface area (Å²) in [6.07, 6.45) is 1.19. The topological polar surface area (TPSA) is 28.4 Å². The van der Waals surface area contributed by atoms with E-state index < -0.39 is 0 Å². The SMILES string of the molecule is CCC(C)N(C)CCNCc1cc(Br)c(Br)o1. The number of furan rings is 1. The van der Waals surface area contributed by atoms with E-state index in [2.05, 4.69) is 63.0 Å². The Morgan fingerprint density at radius 3 is 2.71 bits per heavy atom. The van der Waals surface area contributed by atoms with Crippen LogP contribution in [0.4, 0.5) is 0 Å². The zero-order chi connectivity index (χ0) is 12.8. The van der Waals surface area contributed by atoms with E-state index in [1.54, 1.807) is 0 Å². The minimum atomic E-state index is 0.642. The second-order valence-electron chi connectivity index (χ2n) is 4.25. The normalized spacial score (nSPS) is 13.3. The van der Waals surface area contributed by atoms with Gasteiger partial charge in [0.05, 0.1) is 11.0 Å². The molecule has 1 N–H and O–H groups in total. The molecule has 1 atom stereocenters. The van der Waals surface area contributed by atoms with Crippen LogP contribution in [0.25, 0.3) is 0 Å². The average Bonchev–Trinajstić information content (AvgIpc) is 2.63. The van der Waals surface area contributed by atoms with Crippen molar-refractivity contribution < 1.29 is 4.42 Å². The Morgan fingerprint density at radius 1 is 1.47 bits per heavy atom. The number of likely N-dealkylation sites (N-methyl/N-ethyl adjacent to an activating group) is 1. The van der Waals surface area contributed by atoms with Gasteiger partial charge in [0, 0.05) is 19.1 Å². The van der Waals surface area contributed by atoms with Gasteiger partial charge in [0.2, 0.25) is 0 Å². The molecule has 0 saturated heterocycles. The van der Waals surface area contributed by atoms with Gasteiger partial charge in [-0.05, 0) is 58.3 Å². The van der Waals surface area contributed by atoms with Crippen LogP contribution in [0.5, 0.6) is 0 Å². The van der Waals surface area contributed by atoms with E-state index in [1.807, 2.05) is 6.07 Å². The second-order valence-corrected chi connectivity index (χ2v) is 5.82. The quantitative estimate of drug-likeness (QED) is 0.746. The van der Waals surface area contributed by atoms with Crippen LogP contribution in [0.15, 0.2) is 19.6 Å². The average molecular weight is 368 g/mol. The molecule has 0 saturated carbocycles. The number of nitrogens with one attached hydrogen (secondary N) is 1. The number of rotatable bonds is 7. The molecular formula is C12H20Br2N2O. The van der Waals surface area contributed by atoms with E-state index >= 15 is 0 Å². The van der Waals surface area contributed by atoms with E-state index in [1.165, 1.54) is 6.42 Å². The van der Waals surface area contributed by atoms with Crippen LogP contribution in [0.3, 0.4) is 0 Å². The van der Waals surface area contributed by atoms with Crippen LogP contribution in [0.2, 0.25) is 0 Å². The molecule has 1 rings (SSSR count). The van der Waals surface area contributed by atoms with E-state index in [-0.39, 0.29) is 0 Å². The number of hydrogen-bond acceptors (Lipinski definition) is 3. The maximum absolute atomic E-state index is 5.48. The molecule has 0 aliphatic heterocycles. The molecule has 1 aromatic rings. The fourth-order valence-corrected chi connectivity index (χ4v) is 2.14. The van der Waals surface area contributed by atoms with Crippen LogP contribution in [-0.2, 0) is 6.54 Å². The van der Waals surface area contributed by atoms with Crippen LogP contribution >= 0.6 is 31.9 Å². The van der Waals surface area contributed by atoms with Gasteiger partial charge in [-0.25, -0.2) is 0 Å². The Hall–Kier alpha value is 0.160. The van der Waals surface area contributed by atoms with Gasteiger partial charge < -0.3 is 14.6 Å². The van der Waals surface area contributed by atoms with Crippen LogP contribution in [-0.4, -0.2) is 31.1 Å². The van der Waals surface area contributed by atoms with E-state index in [4.69, 9.17) is 4.42 Å². The predicted molar refractivity (Wildman–Crippen MR) is 78.2 cm³/mol. The number of hydrogen-bond donors (Lipinski definition) is 1. The third-order valence-corrected chi connectivity index (χ3v) is 4.69. The fourth-order valence-electron chi connectivity index (χ4n) is 1.48. The molecule has 17 heavy (non-hydrogen) atoms. The lowest BCUT2D eigenvalue weighted by Gasteiger charge is -2.23. The Morgan fingerprint density at radius 2 is 2.18 bits per heavy atom. The van der Waals surface area contributed by atoms with Gasteiger partial charge in [-0.1, -0.05) is 6.92 Å². The highest BCUT2D eigenvalue weighted by atomic mass is 79.9. The minimum Gasteiger partial charge on any atom is -0.452 e. The first-order valence-electron chi connectivity index (χ1n) is 5.89. The Kier molecular flexibility index (Phi) is 6.77. The molecule has 0 bridgehead atoms. The fraction of sp³-hybridized carbons (Fsp3) is 0.667. The first kappa shape index (κ1) is 15.2. The van der Waals surface area contributed by atoms with Gasteiger partial charge in [0.25, 0.3) is 0 Å². The number of halogens is 2. The van der Waals surface area contributed by atoms with E-state index in [0.717, 1.165) is 34.5 Å². The zero-order valence-electron chi connectivity index (χ0n) is 10.6. The molecule has 0 amide bonds. The highest BCUT2D eigenvalue weighted by Crippen LogP contribution is 2.26. The predicted octanol–water partition coefficient (Wildman–Crippen LogP) is 3.62. The summed E-state index contributed by atoms with van der Waals surface area (Å²) < 4.78 is 7.20. The lowest BCUT2D eigenvalue weighted by molar-refractivity contribution is 0.250. The molecule has 0 aliphatic rings. The highest BCUT2D eigenvalue weighted by molar-refractivity contribution is 9.13. The van der Waals surface area contributed by atoms with Gasteiger partial charge in [0.1, 0.15) is 5.76 Å². The number of nitrogens with zero attached hydrogens (tertiary/aromatic N) is 1. The van der Waals surface area contributed by atoms with Crippen molar-refractivity contribution in [3.8, 4) is 0 Å². The second kappa shape index (κ2) is 7.56. The van der Waals surface area contributed by atoms with Crippen molar-refractivity contribution in [2.75, 3.05) is 20.1 Å². The molecule has 0 aliphatic carbocycles. The molecule has 0 spiro atoms. The first-order chi connectivity index (χ1) is 8.04. The van der Waals surface area contributed by atoms with Crippen LogP contribution in [0, 0.1) is 0 Å². The van der Waals surface area contributed by atoms with Crippen molar-refractivity contribution >= 4 is 31.9 Å². The summed E-state index contributed by atoms with van der Waals surface area (Å²) in [5.41, 5.74) is 0. The standard InChI is InChI=1S/C12H20Br2N2O/c1-4-9(2)16(3)6-5-15-8-10-7-11(13)12(14)17-10/h7,9,15H,4-6,8H2,1-3H3. The van der Waals surface area contributed by atoms with Gasteiger partial charge in [-0.3, -0.25) is 0 Å². The summed E-state index contributed by atoms with van der Waals surface area (Å²) in [5.74, 6) is 0.940. The highest BCUT2D eigenvalue weighted by Gasteiger charge is 2.07. The van der Waals surface area contributed by atoms with Crippen molar-refractivity contribution in [3.05, 3.63) is 21.0 Å². The van der Waals surface area contributed by atoms with Crippen molar-refractivity contribution in [1.82, 2.24) is 10.2 Å². The van der Waals surface area contributed by atoms with Crippen LogP contribution in [0.1, 0.15) is 26.0 Å². The van der Waals surface area contributed by atoms with Gasteiger partial charge in [0.15, 0.2) is 4.67 Å². The Balaban J connectivity index is 2.20. The molecule has 3 nitrogen and oxygen atoms in total. The maximum atomic E-state index is 5.48. The lowest BCUT2D eigenvalue weighted by atomic mass is 10.2. The summed E-state index contributed by atoms with van der Waals surface area (Å²) in [6.45, 7) is 7.25. The third-order valence-electron chi connectivity index (χ3n) is 2.98. The third kappa shape index (κ3) is 5.12. The Bertz CT molecular complexity index is 322.